The lowest BCUT2D eigenvalue weighted by Gasteiger charge is -2.39. The van der Waals surface area contributed by atoms with Crippen LogP contribution in [0.4, 0.5) is 23.7 Å². The Morgan fingerprint density at radius 3 is 2.42 bits per heavy atom. The molecular formula is C28H37F3N4O5. The van der Waals surface area contributed by atoms with Crippen LogP contribution < -0.4 is 15.5 Å². The Labute approximate surface area is 231 Å². The highest BCUT2D eigenvalue weighted by atomic mass is 19.4. The summed E-state index contributed by atoms with van der Waals surface area (Å²) in [5, 5.41) is 5.18. The first kappa shape index (κ1) is 29.7. The average Bonchev–Trinajstić information content (AvgIpc) is 3.17. The number of alkyl halides is 3. The summed E-state index contributed by atoms with van der Waals surface area (Å²) in [6, 6.07) is 4.23. The second-order valence-electron chi connectivity index (χ2n) is 11.8. The van der Waals surface area contributed by atoms with Gasteiger partial charge in [-0.15, -0.1) is 0 Å². The number of carbonyl (C=O) groups is 4. The van der Waals surface area contributed by atoms with E-state index in [9.17, 15) is 32.3 Å². The molecule has 1 aliphatic carbocycles. The number of benzene rings is 1. The Balaban J connectivity index is 1.52. The van der Waals surface area contributed by atoms with Crippen molar-refractivity contribution in [3.05, 3.63) is 29.3 Å². The molecule has 1 aromatic rings. The van der Waals surface area contributed by atoms with Crippen LogP contribution in [0.1, 0.15) is 88.1 Å². The van der Waals surface area contributed by atoms with Gasteiger partial charge in [0.05, 0.1) is 0 Å². The van der Waals surface area contributed by atoms with Crippen LogP contribution >= 0.6 is 0 Å². The van der Waals surface area contributed by atoms with Gasteiger partial charge >= 0.3 is 12.3 Å². The van der Waals surface area contributed by atoms with Crippen molar-refractivity contribution < 1.29 is 37.1 Å². The van der Waals surface area contributed by atoms with E-state index in [0.717, 1.165) is 0 Å². The minimum Gasteiger partial charge on any atom is -0.444 e. The molecule has 0 spiro atoms. The predicted octanol–water partition coefficient (Wildman–Crippen LogP) is 4.43. The van der Waals surface area contributed by atoms with Gasteiger partial charge in [0.2, 0.25) is 11.8 Å². The van der Waals surface area contributed by atoms with Crippen molar-refractivity contribution in [2.75, 3.05) is 11.4 Å². The van der Waals surface area contributed by atoms with Crippen molar-refractivity contribution in [1.82, 2.24) is 15.5 Å². The van der Waals surface area contributed by atoms with Crippen LogP contribution in [0.5, 0.6) is 0 Å². The molecule has 9 nitrogen and oxygen atoms in total. The fourth-order valence-corrected chi connectivity index (χ4v) is 5.79. The molecule has 12 heteroatoms. The molecule has 2 aliphatic heterocycles. The maximum Gasteiger partial charge on any atom is 0.407 e. The number of carbonyl (C=O) groups excluding carboxylic acids is 4. The SMILES string of the molecule is CC(C)(C)OC(=O)NC1CCC(N(CCCC(F)(F)F)c2cccc3c2CN(C2CCC(=O)NC2=O)C3=O)CC1. The van der Waals surface area contributed by atoms with Crippen LogP contribution in [-0.2, 0) is 20.9 Å². The third-order valence-corrected chi connectivity index (χ3v) is 7.58. The largest absolute Gasteiger partial charge is 0.444 e. The second-order valence-corrected chi connectivity index (χ2v) is 11.8. The number of hydrogen-bond acceptors (Lipinski definition) is 6. The van der Waals surface area contributed by atoms with E-state index in [0.29, 0.717) is 42.5 Å². The van der Waals surface area contributed by atoms with Gasteiger partial charge < -0.3 is 19.9 Å². The topological polar surface area (TPSA) is 108 Å². The number of hydrogen-bond donors (Lipinski definition) is 2. The van der Waals surface area contributed by atoms with Gasteiger partial charge in [-0.2, -0.15) is 13.2 Å². The molecule has 220 valence electrons. The summed E-state index contributed by atoms with van der Waals surface area (Å²) in [6.45, 7) is 5.64. The van der Waals surface area contributed by atoms with Crippen LogP contribution in [0.15, 0.2) is 18.2 Å². The third-order valence-electron chi connectivity index (χ3n) is 7.58. The Bertz CT molecular complexity index is 1140. The van der Waals surface area contributed by atoms with Crippen molar-refractivity contribution >= 4 is 29.5 Å². The summed E-state index contributed by atoms with van der Waals surface area (Å²) >= 11 is 0. The standard InChI is InChI=1S/C28H37F3N4O5/c1-27(2,3)40-26(39)32-17-8-10-18(11-9-17)34(15-5-14-28(29,30)31)21-7-4-6-19-20(21)16-35(25(19)38)22-12-13-23(36)33-24(22)37/h4,6-7,17-18,22H,5,8-16H2,1-3H3,(H,32,39)(H,33,36,37). The summed E-state index contributed by atoms with van der Waals surface area (Å²) in [7, 11) is 0. The zero-order chi connectivity index (χ0) is 29.2. The molecule has 0 bridgehead atoms. The van der Waals surface area contributed by atoms with Gasteiger partial charge in [-0.05, 0) is 71.4 Å². The smallest absolute Gasteiger partial charge is 0.407 e. The maximum absolute atomic E-state index is 13.3. The summed E-state index contributed by atoms with van der Waals surface area (Å²) in [5.41, 5.74) is 1.16. The number of alkyl carbamates (subject to hydrolysis) is 1. The number of ether oxygens (including phenoxy) is 1. The van der Waals surface area contributed by atoms with Crippen LogP contribution in [0.3, 0.4) is 0 Å². The first-order chi connectivity index (χ1) is 18.7. The highest BCUT2D eigenvalue weighted by Crippen LogP contribution is 2.37. The molecule has 0 aromatic heterocycles. The predicted molar refractivity (Wildman–Crippen MR) is 141 cm³/mol. The molecule has 3 aliphatic rings. The number of halogens is 3. The summed E-state index contributed by atoms with van der Waals surface area (Å²) in [6.07, 6.45) is -2.89. The molecule has 1 atom stereocenters. The highest BCUT2D eigenvalue weighted by molar-refractivity contribution is 6.06. The lowest BCUT2D eigenvalue weighted by atomic mass is 9.89. The number of nitrogens with one attached hydrogen (secondary N) is 2. The molecule has 40 heavy (non-hydrogen) atoms. The second kappa shape index (κ2) is 11.7. The number of imide groups is 1. The molecular weight excluding hydrogens is 529 g/mol. The minimum absolute atomic E-state index is 0.0869. The van der Waals surface area contributed by atoms with E-state index in [1.54, 1.807) is 32.9 Å². The molecule has 4 rings (SSSR count). The van der Waals surface area contributed by atoms with E-state index < -0.39 is 36.2 Å². The molecule has 2 N–H and O–H groups in total. The third kappa shape index (κ3) is 7.25. The minimum atomic E-state index is -4.28. The number of rotatable bonds is 7. The zero-order valence-electron chi connectivity index (χ0n) is 23.1. The van der Waals surface area contributed by atoms with Crippen LogP contribution in [0, 0.1) is 0 Å². The van der Waals surface area contributed by atoms with Gasteiger partial charge in [-0.3, -0.25) is 19.7 Å². The number of fused-ring (bicyclic) bond motifs is 1. The number of piperidine rings is 1. The molecule has 1 aromatic carbocycles. The van der Waals surface area contributed by atoms with Crippen LogP contribution in [0.2, 0.25) is 0 Å². The Kier molecular flexibility index (Phi) is 8.65. The van der Waals surface area contributed by atoms with Gasteiger partial charge in [-0.1, -0.05) is 6.07 Å². The van der Waals surface area contributed by atoms with Crippen molar-refractivity contribution in [3.63, 3.8) is 0 Å². The number of nitrogens with zero attached hydrogens (tertiary/aromatic N) is 2. The quantitative estimate of drug-likeness (QED) is 0.473. The summed E-state index contributed by atoms with van der Waals surface area (Å²) in [5.74, 6) is -1.22. The van der Waals surface area contributed by atoms with Crippen LogP contribution in [0.25, 0.3) is 0 Å². The Morgan fingerprint density at radius 2 is 1.80 bits per heavy atom. The van der Waals surface area contributed by atoms with Crippen molar-refractivity contribution in [3.8, 4) is 0 Å². The van der Waals surface area contributed by atoms with Crippen molar-refractivity contribution in [1.29, 1.82) is 0 Å². The van der Waals surface area contributed by atoms with Gasteiger partial charge in [0.25, 0.3) is 5.91 Å². The fraction of sp³-hybridized carbons (Fsp3) is 0.643. The fourth-order valence-electron chi connectivity index (χ4n) is 5.79. The summed E-state index contributed by atoms with van der Waals surface area (Å²) < 4.78 is 44.5. The van der Waals surface area contributed by atoms with Gasteiger partial charge in [-0.25, -0.2) is 4.79 Å². The van der Waals surface area contributed by atoms with E-state index in [1.807, 2.05) is 11.0 Å². The lowest BCUT2D eigenvalue weighted by Crippen LogP contribution is -2.52. The van der Waals surface area contributed by atoms with Crippen LogP contribution in [-0.4, -0.2) is 65.2 Å². The maximum atomic E-state index is 13.3. The first-order valence-electron chi connectivity index (χ1n) is 13.8. The molecule has 2 fully saturated rings. The van der Waals surface area contributed by atoms with Crippen molar-refractivity contribution in [2.45, 2.75) is 109 Å². The van der Waals surface area contributed by atoms with E-state index >= 15 is 0 Å². The monoisotopic (exact) mass is 566 g/mol. The highest BCUT2D eigenvalue weighted by Gasteiger charge is 2.41. The average molecular weight is 567 g/mol. The van der Waals surface area contributed by atoms with Gasteiger partial charge in [0.15, 0.2) is 0 Å². The van der Waals surface area contributed by atoms with Gasteiger partial charge in [0, 0.05) is 54.8 Å². The normalized spacial score (nSPS) is 23.5. The number of anilines is 1. The molecule has 1 unspecified atom stereocenters. The Hall–Kier alpha value is -3.31. The molecule has 1 saturated heterocycles. The van der Waals surface area contributed by atoms with E-state index in [1.165, 1.54) is 4.90 Å². The number of amides is 4. The van der Waals surface area contributed by atoms with E-state index in [4.69, 9.17) is 4.74 Å². The van der Waals surface area contributed by atoms with Gasteiger partial charge in [0.1, 0.15) is 11.6 Å². The molecule has 0 radical (unpaired) electrons. The van der Waals surface area contributed by atoms with Crippen molar-refractivity contribution in [2.24, 2.45) is 0 Å². The first-order valence-corrected chi connectivity index (χ1v) is 13.8. The molecule has 2 heterocycles. The zero-order valence-corrected chi connectivity index (χ0v) is 23.1. The Morgan fingerprint density at radius 1 is 1.10 bits per heavy atom. The summed E-state index contributed by atoms with van der Waals surface area (Å²) in [4.78, 5) is 53.1. The van der Waals surface area contributed by atoms with E-state index in [-0.39, 0.29) is 56.3 Å². The molecule has 1 saturated carbocycles. The lowest BCUT2D eigenvalue weighted by molar-refractivity contribution is -0.137. The van der Waals surface area contributed by atoms with E-state index in [2.05, 4.69) is 10.6 Å². The molecule has 4 amide bonds.